The molecule has 0 amide bonds. The number of rotatable bonds is 3. The summed E-state index contributed by atoms with van der Waals surface area (Å²) in [5.74, 6) is 0.788. The van der Waals surface area contributed by atoms with Crippen molar-refractivity contribution in [3.8, 4) is 0 Å². The van der Waals surface area contributed by atoms with Gasteiger partial charge in [-0.15, -0.1) is 0 Å². The Hall–Kier alpha value is 0.0249. The molecule has 1 rings (SSSR count). The molecule has 1 aliphatic heterocycles. The van der Waals surface area contributed by atoms with E-state index in [1.54, 1.807) is 0 Å². The summed E-state index contributed by atoms with van der Waals surface area (Å²) in [6, 6.07) is 0.568. The van der Waals surface area contributed by atoms with Crippen LogP contribution in [0.4, 0.5) is 0 Å². The molecule has 1 saturated heterocycles. The average molecular weight is 154 g/mol. The number of hydrogen-bond acceptors (Lipinski definition) is 1. The summed E-state index contributed by atoms with van der Waals surface area (Å²) in [7, 11) is 1.19. The van der Waals surface area contributed by atoms with Gasteiger partial charge in [-0.2, -0.15) is 0 Å². The SMILES string of the molecule is CBC1CCC(CC(C)C)O1. The van der Waals surface area contributed by atoms with Gasteiger partial charge in [0.05, 0.1) is 6.10 Å². The van der Waals surface area contributed by atoms with E-state index in [1.807, 2.05) is 0 Å². The van der Waals surface area contributed by atoms with Crippen LogP contribution in [0.5, 0.6) is 0 Å². The van der Waals surface area contributed by atoms with Gasteiger partial charge in [-0.1, -0.05) is 20.7 Å². The third kappa shape index (κ3) is 2.86. The van der Waals surface area contributed by atoms with Crippen LogP contribution < -0.4 is 0 Å². The van der Waals surface area contributed by atoms with E-state index in [-0.39, 0.29) is 0 Å². The normalized spacial score (nSPS) is 31.3. The van der Waals surface area contributed by atoms with Gasteiger partial charge < -0.3 is 4.74 Å². The van der Waals surface area contributed by atoms with E-state index in [4.69, 9.17) is 4.74 Å². The highest BCUT2D eigenvalue weighted by Gasteiger charge is 2.24. The van der Waals surface area contributed by atoms with Crippen LogP contribution in [-0.4, -0.2) is 19.4 Å². The predicted molar refractivity (Wildman–Crippen MR) is 50.4 cm³/mol. The summed E-state index contributed by atoms with van der Waals surface area (Å²) in [4.78, 5) is 0. The fourth-order valence-corrected chi connectivity index (χ4v) is 1.78. The lowest BCUT2D eigenvalue weighted by Crippen LogP contribution is -2.16. The molecule has 1 fully saturated rings. The van der Waals surface area contributed by atoms with Gasteiger partial charge in [-0.3, -0.25) is 0 Å². The molecule has 1 aliphatic rings. The molecule has 2 atom stereocenters. The standard InChI is InChI=1S/C9H19BO/c1-7(2)6-8-4-5-9(10-3)11-8/h7-10H,4-6H2,1-3H3. The highest BCUT2D eigenvalue weighted by Crippen LogP contribution is 2.23. The van der Waals surface area contributed by atoms with Crippen LogP contribution in [0, 0.1) is 5.92 Å². The first kappa shape index (κ1) is 9.12. The molecule has 0 N–H and O–H groups in total. The van der Waals surface area contributed by atoms with Crippen molar-refractivity contribution in [2.24, 2.45) is 5.92 Å². The van der Waals surface area contributed by atoms with Crippen molar-refractivity contribution in [1.82, 2.24) is 0 Å². The maximum absolute atomic E-state index is 5.82. The maximum Gasteiger partial charge on any atom is 0.154 e. The van der Waals surface area contributed by atoms with E-state index < -0.39 is 0 Å². The molecule has 11 heavy (non-hydrogen) atoms. The fraction of sp³-hybridized carbons (Fsp3) is 1.00. The minimum absolute atomic E-state index is 0.568. The van der Waals surface area contributed by atoms with E-state index in [0.29, 0.717) is 12.1 Å². The van der Waals surface area contributed by atoms with Crippen LogP contribution in [0.1, 0.15) is 33.1 Å². The molecular weight excluding hydrogens is 135 g/mol. The maximum atomic E-state index is 5.82. The largest absolute Gasteiger partial charge is 0.384 e. The van der Waals surface area contributed by atoms with Crippen LogP contribution in [0.3, 0.4) is 0 Å². The quantitative estimate of drug-likeness (QED) is 0.565. The van der Waals surface area contributed by atoms with E-state index in [1.165, 1.54) is 26.5 Å². The molecule has 0 spiro atoms. The first-order valence-corrected chi connectivity index (χ1v) is 4.87. The number of hydrogen-bond donors (Lipinski definition) is 0. The Balaban J connectivity index is 2.19. The van der Waals surface area contributed by atoms with Gasteiger partial charge in [0.15, 0.2) is 7.28 Å². The highest BCUT2D eigenvalue weighted by molar-refractivity contribution is 6.35. The Morgan fingerprint density at radius 2 is 2.18 bits per heavy atom. The minimum Gasteiger partial charge on any atom is -0.384 e. The molecule has 1 heterocycles. The molecule has 0 saturated carbocycles. The third-order valence-electron chi connectivity index (χ3n) is 2.39. The van der Waals surface area contributed by atoms with Crippen molar-refractivity contribution in [2.75, 3.05) is 0 Å². The van der Waals surface area contributed by atoms with Gasteiger partial charge in [0, 0.05) is 6.00 Å². The first-order chi connectivity index (χ1) is 5.22. The summed E-state index contributed by atoms with van der Waals surface area (Å²) in [5, 5.41) is 0. The second kappa shape index (κ2) is 4.15. The Morgan fingerprint density at radius 1 is 1.45 bits per heavy atom. The van der Waals surface area contributed by atoms with E-state index >= 15 is 0 Å². The molecule has 0 aliphatic carbocycles. The van der Waals surface area contributed by atoms with Crippen molar-refractivity contribution in [1.29, 1.82) is 0 Å². The van der Waals surface area contributed by atoms with Crippen molar-refractivity contribution in [2.45, 2.75) is 52.0 Å². The minimum atomic E-state index is 0.568. The van der Waals surface area contributed by atoms with E-state index in [0.717, 1.165) is 5.92 Å². The highest BCUT2D eigenvalue weighted by atomic mass is 16.5. The molecule has 64 valence electrons. The van der Waals surface area contributed by atoms with Crippen molar-refractivity contribution >= 4 is 7.28 Å². The molecule has 0 radical (unpaired) electrons. The topological polar surface area (TPSA) is 9.23 Å². The van der Waals surface area contributed by atoms with Gasteiger partial charge in [0.2, 0.25) is 0 Å². The van der Waals surface area contributed by atoms with Gasteiger partial charge >= 0.3 is 0 Å². The van der Waals surface area contributed by atoms with Gasteiger partial charge in [-0.05, 0) is 25.2 Å². The Kier molecular flexibility index (Phi) is 3.44. The summed E-state index contributed by atoms with van der Waals surface area (Å²) in [6.07, 6.45) is 4.39. The van der Waals surface area contributed by atoms with E-state index in [2.05, 4.69) is 20.7 Å². The molecule has 0 aromatic carbocycles. The van der Waals surface area contributed by atoms with Gasteiger partial charge in [0.1, 0.15) is 0 Å². The summed E-state index contributed by atoms with van der Waals surface area (Å²) in [5.41, 5.74) is 0. The smallest absolute Gasteiger partial charge is 0.154 e. The van der Waals surface area contributed by atoms with Crippen LogP contribution in [0.15, 0.2) is 0 Å². The summed E-state index contributed by atoms with van der Waals surface area (Å²) < 4.78 is 5.82. The molecule has 0 aromatic heterocycles. The van der Waals surface area contributed by atoms with Crippen molar-refractivity contribution in [3.05, 3.63) is 0 Å². The molecule has 0 bridgehead atoms. The van der Waals surface area contributed by atoms with Crippen molar-refractivity contribution in [3.63, 3.8) is 0 Å². The molecule has 1 nitrogen and oxygen atoms in total. The average Bonchev–Trinajstić information content (AvgIpc) is 2.34. The van der Waals surface area contributed by atoms with Crippen LogP contribution in [-0.2, 0) is 4.74 Å². The van der Waals surface area contributed by atoms with Crippen LogP contribution in [0.25, 0.3) is 0 Å². The van der Waals surface area contributed by atoms with Crippen LogP contribution >= 0.6 is 0 Å². The molecular formula is C9H19BO. The lowest BCUT2D eigenvalue weighted by atomic mass is 9.73. The third-order valence-corrected chi connectivity index (χ3v) is 2.39. The Labute approximate surface area is 70.8 Å². The number of ether oxygens (including phenoxy) is 1. The zero-order chi connectivity index (χ0) is 8.27. The second-order valence-corrected chi connectivity index (χ2v) is 4.00. The predicted octanol–water partition coefficient (Wildman–Crippen LogP) is 2.02. The molecule has 2 heteroatoms. The van der Waals surface area contributed by atoms with Gasteiger partial charge in [0.25, 0.3) is 0 Å². The summed E-state index contributed by atoms with van der Waals surface area (Å²) in [6.45, 7) is 6.74. The van der Waals surface area contributed by atoms with Crippen molar-refractivity contribution < 1.29 is 4.74 Å². The second-order valence-electron chi connectivity index (χ2n) is 4.00. The zero-order valence-electron chi connectivity index (χ0n) is 7.97. The zero-order valence-corrected chi connectivity index (χ0v) is 7.97. The Morgan fingerprint density at radius 3 is 2.64 bits per heavy atom. The molecule has 2 unspecified atom stereocenters. The monoisotopic (exact) mass is 154 g/mol. The lowest BCUT2D eigenvalue weighted by Gasteiger charge is -2.13. The van der Waals surface area contributed by atoms with E-state index in [9.17, 15) is 0 Å². The van der Waals surface area contributed by atoms with Gasteiger partial charge in [-0.25, -0.2) is 0 Å². The Bertz CT molecular complexity index is 114. The molecule has 0 aromatic rings. The fourth-order valence-electron chi connectivity index (χ4n) is 1.78. The lowest BCUT2D eigenvalue weighted by molar-refractivity contribution is 0.0718. The van der Waals surface area contributed by atoms with Crippen LogP contribution in [0.2, 0.25) is 6.82 Å². The summed E-state index contributed by atoms with van der Waals surface area (Å²) >= 11 is 0. The first-order valence-electron chi connectivity index (χ1n) is 4.87.